The van der Waals surface area contributed by atoms with Gasteiger partial charge in [-0.25, -0.2) is 4.98 Å². The van der Waals surface area contributed by atoms with E-state index in [1.54, 1.807) is 28.0 Å². The van der Waals surface area contributed by atoms with Crippen LogP contribution in [0.25, 0.3) is 15.9 Å². The Kier molecular flexibility index (Phi) is 7.43. The van der Waals surface area contributed by atoms with Gasteiger partial charge in [0.05, 0.1) is 28.8 Å². The Morgan fingerprint density at radius 3 is 2.57 bits per heavy atom. The summed E-state index contributed by atoms with van der Waals surface area (Å²) in [5.74, 6) is -1.34. The smallest absolute Gasteiger partial charge is 0.267 e. The van der Waals surface area contributed by atoms with E-state index < -0.39 is 17.9 Å². The maximum Gasteiger partial charge on any atom is 0.267 e. The number of aryl methyl sites for hydroxylation is 1. The zero-order valence-corrected chi connectivity index (χ0v) is 21.9. The number of carboxylic acid groups (broad SMARTS) is 1. The summed E-state index contributed by atoms with van der Waals surface area (Å²) in [5.41, 5.74) is 2.42. The summed E-state index contributed by atoms with van der Waals surface area (Å²) in [6.07, 6.45) is 2.97. The monoisotopic (exact) mass is 532 g/mol. The van der Waals surface area contributed by atoms with Crippen molar-refractivity contribution < 1.29 is 14.7 Å². The second-order valence-electron chi connectivity index (χ2n) is 9.32. The normalized spacial score (nSPS) is 15.8. The Bertz CT molecular complexity index is 1500. The van der Waals surface area contributed by atoms with Crippen molar-refractivity contribution >= 4 is 45.2 Å². The molecule has 2 atom stereocenters. The number of rotatable bonds is 8. The summed E-state index contributed by atoms with van der Waals surface area (Å²) in [6, 6.07) is 17.2. The third-order valence-electron chi connectivity index (χ3n) is 6.55. The van der Waals surface area contributed by atoms with Gasteiger partial charge in [0.25, 0.3) is 5.56 Å². The van der Waals surface area contributed by atoms with Gasteiger partial charge < -0.3 is 15.2 Å². The number of carboxylic acids is 1. The first-order valence-corrected chi connectivity index (χ1v) is 14.0. The molecule has 1 N–H and O–H groups in total. The molecule has 0 radical (unpaired) electrons. The highest BCUT2D eigenvalue weighted by molar-refractivity contribution is 7.99. The van der Waals surface area contributed by atoms with Crippen LogP contribution in [-0.4, -0.2) is 33.2 Å². The molecule has 7 nitrogen and oxygen atoms in total. The molecule has 2 aromatic heterocycles. The van der Waals surface area contributed by atoms with E-state index in [4.69, 9.17) is 4.98 Å². The van der Waals surface area contributed by atoms with Crippen molar-refractivity contribution in [2.75, 3.05) is 5.75 Å². The van der Waals surface area contributed by atoms with Gasteiger partial charge in [-0.15, -0.1) is 11.3 Å². The summed E-state index contributed by atoms with van der Waals surface area (Å²) in [6.45, 7) is 2.22. The van der Waals surface area contributed by atoms with Gasteiger partial charge in [-0.2, -0.15) is 0 Å². The number of hydrogen-bond donors (Lipinski definition) is 1. The lowest BCUT2D eigenvalue weighted by atomic mass is 9.89. The molecular weight excluding hydrogens is 506 g/mol. The standard InChI is InChI=1S/C28H27N3O4S2/c1-17-12-13-20-22(14-17)37-25-24(20)26(33)31(19-10-6-3-7-11-19)28(30-25)36-16-23(32)29-21(27(34)35)15-18-8-4-2-5-9-18/h2-11,17,21H,12-16H2,1H3,(H,29,32)(H,34,35)/p-1/t17-,21+/m0/s1. The van der Waals surface area contributed by atoms with Crippen LogP contribution in [0, 0.1) is 5.92 Å². The number of carbonyl (C=O) groups is 2. The molecule has 37 heavy (non-hydrogen) atoms. The summed E-state index contributed by atoms with van der Waals surface area (Å²) in [5, 5.41) is 15.3. The number of nitrogens with one attached hydrogen (secondary N) is 1. The first-order chi connectivity index (χ1) is 17.9. The molecule has 4 aromatic rings. The second-order valence-corrected chi connectivity index (χ2v) is 11.3. The van der Waals surface area contributed by atoms with E-state index in [0.717, 1.165) is 42.2 Å². The van der Waals surface area contributed by atoms with Crippen LogP contribution >= 0.6 is 23.1 Å². The predicted octanol–water partition coefficient (Wildman–Crippen LogP) is 3.14. The van der Waals surface area contributed by atoms with Gasteiger partial charge >= 0.3 is 0 Å². The molecule has 190 valence electrons. The fourth-order valence-electron chi connectivity index (χ4n) is 4.68. The molecule has 0 unspecified atom stereocenters. The summed E-state index contributed by atoms with van der Waals surface area (Å²) < 4.78 is 1.56. The number of carbonyl (C=O) groups excluding carboxylic acids is 2. The number of thioether (sulfide) groups is 1. The van der Waals surface area contributed by atoms with Crippen molar-refractivity contribution in [2.45, 2.75) is 43.8 Å². The summed E-state index contributed by atoms with van der Waals surface area (Å²) >= 11 is 2.68. The largest absolute Gasteiger partial charge is 0.548 e. The number of nitrogens with zero attached hydrogens (tertiary/aromatic N) is 2. The van der Waals surface area contributed by atoms with Crippen molar-refractivity contribution in [3.8, 4) is 5.69 Å². The molecule has 1 amide bonds. The number of thiophene rings is 1. The zero-order chi connectivity index (χ0) is 25.9. The number of aliphatic carboxylic acids is 1. The van der Waals surface area contributed by atoms with Crippen molar-refractivity contribution in [2.24, 2.45) is 5.92 Å². The minimum absolute atomic E-state index is 0.0918. The van der Waals surface area contributed by atoms with E-state index in [1.165, 1.54) is 4.88 Å². The minimum atomic E-state index is -1.35. The van der Waals surface area contributed by atoms with E-state index in [1.807, 2.05) is 48.5 Å². The Balaban J connectivity index is 1.43. The molecule has 0 saturated heterocycles. The van der Waals surface area contributed by atoms with Gasteiger partial charge in [-0.05, 0) is 54.9 Å². The first-order valence-electron chi connectivity index (χ1n) is 12.2. The Labute approximate surface area is 222 Å². The highest BCUT2D eigenvalue weighted by Gasteiger charge is 2.25. The van der Waals surface area contributed by atoms with Crippen molar-refractivity contribution in [3.63, 3.8) is 0 Å². The van der Waals surface area contributed by atoms with Gasteiger partial charge in [-0.3, -0.25) is 14.2 Å². The minimum Gasteiger partial charge on any atom is -0.548 e. The highest BCUT2D eigenvalue weighted by atomic mass is 32.2. The molecule has 2 aromatic carbocycles. The maximum atomic E-state index is 13.8. The first kappa shape index (κ1) is 25.2. The van der Waals surface area contributed by atoms with E-state index >= 15 is 0 Å². The van der Waals surface area contributed by atoms with Crippen molar-refractivity contribution in [3.05, 3.63) is 87.0 Å². The van der Waals surface area contributed by atoms with E-state index in [0.29, 0.717) is 27.0 Å². The number of fused-ring (bicyclic) bond motifs is 3. The second kappa shape index (κ2) is 10.9. The molecule has 0 spiro atoms. The lowest BCUT2D eigenvalue weighted by Crippen LogP contribution is -2.49. The molecule has 9 heteroatoms. The molecule has 0 aliphatic heterocycles. The fourth-order valence-corrected chi connectivity index (χ4v) is 6.93. The van der Waals surface area contributed by atoms with Crippen LogP contribution in [0.3, 0.4) is 0 Å². The molecule has 5 rings (SSSR count). The third-order valence-corrected chi connectivity index (χ3v) is 8.63. The van der Waals surface area contributed by atoms with Crippen LogP contribution in [-0.2, 0) is 28.9 Å². The van der Waals surface area contributed by atoms with Crippen LogP contribution in [0.2, 0.25) is 0 Å². The average Bonchev–Trinajstić information content (AvgIpc) is 3.25. The summed E-state index contributed by atoms with van der Waals surface area (Å²) in [4.78, 5) is 45.0. The Morgan fingerprint density at radius 1 is 1.16 bits per heavy atom. The SMILES string of the molecule is C[C@H]1CCc2c(sc3nc(SCC(=O)N[C@H](Cc4ccccc4)C(=O)[O-])n(-c4ccccc4)c(=O)c23)C1. The van der Waals surface area contributed by atoms with Crippen LogP contribution in [0.4, 0.5) is 0 Å². The molecule has 0 bridgehead atoms. The maximum absolute atomic E-state index is 13.8. The topological polar surface area (TPSA) is 104 Å². The highest BCUT2D eigenvalue weighted by Crippen LogP contribution is 2.37. The quantitative estimate of drug-likeness (QED) is 0.276. The number of amides is 1. The fraction of sp³-hybridized carbons (Fsp3) is 0.286. The van der Waals surface area contributed by atoms with Crippen molar-refractivity contribution in [1.82, 2.24) is 14.9 Å². The van der Waals surface area contributed by atoms with Gasteiger partial charge in [0.1, 0.15) is 4.83 Å². The van der Waals surface area contributed by atoms with E-state index in [9.17, 15) is 19.5 Å². The lowest BCUT2D eigenvalue weighted by Gasteiger charge is -2.20. The predicted molar refractivity (Wildman–Crippen MR) is 144 cm³/mol. The van der Waals surface area contributed by atoms with Gasteiger partial charge in [0.2, 0.25) is 5.91 Å². The number of aromatic nitrogens is 2. The Morgan fingerprint density at radius 2 is 1.86 bits per heavy atom. The molecule has 1 aliphatic rings. The zero-order valence-electron chi connectivity index (χ0n) is 20.3. The molecule has 1 aliphatic carbocycles. The van der Waals surface area contributed by atoms with E-state index in [-0.39, 0.29) is 17.7 Å². The molecule has 0 saturated carbocycles. The Hall–Kier alpha value is -3.43. The van der Waals surface area contributed by atoms with Crippen LogP contribution in [0.15, 0.2) is 70.6 Å². The van der Waals surface area contributed by atoms with E-state index in [2.05, 4.69) is 12.2 Å². The van der Waals surface area contributed by atoms with Gasteiger partial charge in [0, 0.05) is 4.88 Å². The lowest BCUT2D eigenvalue weighted by molar-refractivity contribution is -0.308. The van der Waals surface area contributed by atoms with Crippen LogP contribution < -0.4 is 16.0 Å². The number of benzene rings is 2. The summed E-state index contributed by atoms with van der Waals surface area (Å²) in [7, 11) is 0. The third kappa shape index (κ3) is 5.47. The van der Waals surface area contributed by atoms with Crippen LogP contribution in [0.1, 0.15) is 29.3 Å². The van der Waals surface area contributed by atoms with Gasteiger partial charge in [0.15, 0.2) is 5.16 Å². The van der Waals surface area contributed by atoms with Crippen molar-refractivity contribution in [1.29, 1.82) is 0 Å². The average molecular weight is 533 g/mol. The number of hydrogen-bond acceptors (Lipinski definition) is 7. The number of para-hydroxylation sites is 1. The van der Waals surface area contributed by atoms with Crippen LogP contribution in [0.5, 0.6) is 0 Å². The molecular formula is C28H26N3O4S2-. The van der Waals surface area contributed by atoms with Gasteiger partial charge in [-0.1, -0.05) is 67.2 Å². The molecule has 0 fully saturated rings. The molecule has 2 heterocycles.